The number of hydrogen-bond donors (Lipinski definition) is 0. The third-order valence-electron chi connectivity index (χ3n) is 7.20. The van der Waals surface area contributed by atoms with Gasteiger partial charge in [-0.1, -0.05) is 36.7 Å². The molecule has 0 aromatic heterocycles. The first-order chi connectivity index (χ1) is 13.6. The van der Waals surface area contributed by atoms with Crippen LogP contribution in [0, 0.1) is 11.8 Å². The normalized spacial score (nSPS) is 31.8. The minimum atomic E-state index is 0.101. The molecule has 4 rings (SSSR count). The number of benzene rings is 1. The summed E-state index contributed by atoms with van der Waals surface area (Å²) in [6.45, 7) is 12.7. The molecule has 3 nitrogen and oxygen atoms in total. The van der Waals surface area contributed by atoms with E-state index in [2.05, 4.69) is 53.6 Å². The van der Waals surface area contributed by atoms with E-state index in [1.165, 1.54) is 44.2 Å². The van der Waals surface area contributed by atoms with Gasteiger partial charge in [-0.3, -0.25) is 9.80 Å². The zero-order valence-corrected chi connectivity index (χ0v) is 18.0. The highest BCUT2D eigenvalue weighted by atomic mass is 35.5. The summed E-state index contributed by atoms with van der Waals surface area (Å²) in [5.41, 5.74) is 1.54. The van der Waals surface area contributed by atoms with Crippen molar-refractivity contribution in [2.24, 2.45) is 11.8 Å². The molecule has 4 heteroatoms. The minimum absolute atomic E-state index is 0.101. The molecule has 3 aliphatic rings. The van der Waals surface area contributed by atoms with Crippen LogP contribution in [-0.4, -0.2) is 55.2 Å². The molecule has 0 N–H and O–H groups in total. The van der Waals surface area contributed by atoms with Gasteiger partial charge in [0.2, 0.25) is 0 Å². The lowest BCUT2D eigenvalue weighted by Crippen LogP contribution is -2.56. The number of nitrogens with zero attached hydrogens (tertiary/aromatic N) is 2. The molecule has 1 saturated heterocycles. The van der Waals surface area contributed by atoms with Gasteiger partial charge in [-0.25, -0.2) is 0 Å². The van der Waals surface area contributed by atoms with Crippen molar-refractivity contribution in [1.82, 2.24) is 9.80 Å². The van der Waals surface area contributed by atoms with Crippen LogP contribution in [0.3, 0.4) is 0 Å². The van der Waals surface area contributed by atoms with E-state index in [4.69, 9.17) is 16.3 Å². The number of rotatable bonds is 7. The number of ether oxygens (including phenoxy) is 1. The summed E-state index contributed by atoms with van der Waals surface area (Å²) < 4.78 is 5.59. The van der Waals surface area contributed by atoms with Crippen molar-refractivity contribution in [1.29, 1.82) is 0 Å². The average Bonchev–Trinajstić information content (AvgIpc) is 3.53. The first-order valence-corrected chi connectivity index (χ1v) is 11.4. The molecule has 2 aliphatic carbocycles. The quantitative estimate of drug-likeness (QED) is 0.600. The third kappa shape index (κ3) is 4.33. The molecule has 0 bridgehead atoms. The Morgan fingerprint density at radius 3 is 2.54 bits per heavy atom. The Balaban J connectivity index is 1.61. The summed E-state index contributed by atoms with van der Waals surface area (Å²) in [6, 6.07) is 9.36. The summed E-state index contributed by atoms with van der Waals surface area (Å²) in [5, 5.41) is 0.825. The summed E-state index contributed by atoms with van der Waals surface area (Å²) >= 11 is 6.24. The van der Waals surface area contributed by atoms with E-state index < -0.39 is 0 Å². The summed E-state index contributed by atoms with van der Waals surface area (Å²) in [4.78, 5) is 5.42. The van der Waals surface area contributed by atoms with E-state index >= 15 is 0 Å². The van der Waals surface area contributed by atoms with Gasteiger partial charge < -0.3 is 4.74 Å². The molecular formula is C24H35ClN2O. The topological polar surface area (TPSA) is 15.7 Å². The van der Waals surface area contributed by atoms with Crippen molar-refractivity contribution in [3.63, 3.8) is 0 Å². The van der Waals surface area contributed by atoms with Gasteiger partial charge in [0, 0.05) is 42.8 Å². The van der Waals surface area contributed by atoms with Crippen molar-refractivity contribution in [3.05, 3.63) is 47.5 Å². The van der Waals surface area contributed by atoms with Crippen LogP contribution < -0.4 is 0 Å². The maximum Gasteiger partial charge on any atom is 0.0594 e. The predicted molar refractivity (Wildman–Crippen MR) is 117 cm³/mol. The van der Waals surface area contributed by atoms with Gasteiger partial charge in [0.25, 0.3) is 0 Å². The van der Waals surface area contributed by atoms with Crippen LogP contribution in [0.25, 0.3) is 0 Å². The van der Waals surface area contributed by atoms with Crippen LogP contribution in [0.5, 0.6) is 0 Å². The van der Waals surface area contributed by atoms with Gasteiger partial charge >= 0.3 is 0 Å². The fourth-order valence-electron chi connectivity index (χ4n) is 5.58. The highest BCUT2D eigenvalue weighted by Crippen LogP contribution is 2.47. The van der Waals surface area contributed by atoms with Crippen LogP contribution in [0.1, 0.15) is 44.6 Å². The number of halogens is 1. The van der Waals surface area contributed by atoms with Gasteiger partial charge in [0.05, 0.1) is 13.2 Å². The second kappa shape index (κ2) is 8.87. The minimum Gasteiger partial charge on any atom is -0.379 e. The largest absolute Gasteiger partial charge is 0.379 e. The van der Waals surface area contributed by atoms with Crippen molar-refractivity contribution in [2.75, 3.05) is 39.4 Å². The predicted octanol–water partition coefficient (Wildman–Crippen LogP) is 4.95. The molecule has 3 fully saturated rings. The molecule has 0 amide bonds. The molecule has 154 valence electrons. The van der Waals surface area contributed by atoms with E-state index in [1.54, 1.807) is 0 Å². The molecule has 2 saturated carbocycles. The third-order valence-corrected chi connectivity index (χ3v) is 7.45. The Morgan fingerprint density at radius 2 is 1.93 bits per heavy atom. The van der Waals surface area contributed by atoms with Crippen molar-refractivity contribution >= 4 is 11.6 Å². The Kier molecular flexibility index (Phi) is 6.46. The van der Waals surface area contributed by atoms with Crippen molar-refractivity contribution in [3.8, 4) is 0 Å². The average molecular weight is 403 g/mol. The summed E-state index contributed by atoms with van der Waals surface area (Å²) in [5.74, 6) is 1.53. The van der Waals surface area contributed by atoms with Crippen molar-refractivity contribution in [2.45, 2.75) is 50.6 Å². The molecule has 3 unspecified atom stereocenters. The molecule has 0 spiro atoms. The Morgan fingerprint density at radius 1 is 1.21 bits per heavy atom. The highest BCUT2D eigenvalue weighted by molar-refractivity contribution is 6.30. The Hall–Kier alpha value is -0.870. The molecule has 28 heavy (non-hydrogen) atoms. The highest BCUT2D eigenvalue weighted by Gasteiger charge is 2.46. The fourth-order valence-corrected chi connectivity index (χ4v) is 5.70. The summed E-state index contributed by atoms with van der Waals surface area (Å²) in [7, 11) is 0. The standard InChI is InChI=1S/C24H35ClN2O/c1-3-12-27(18-20-4-5-20)24(21-6-8-22(25)9-7-21)11-10-23(19(2)17-24)26-13-15-28-16-14-26/h3,6-9,19-20,23H,1,4-5,10-18H2,2H3. The lowest BCUT2D eigenvalue weighted by atomic mass is 9.68. The molecular weight excluding hydrogens is 368 g/mol. The van der Waals surface area contributed by atoms with E-state index in [9.17, 15) is 0 Å². The van der Waals surface area contributed by atoms with Crippen LogP contribution in [0.2, 0.25) is 5.02 Å². The van der Waals surface area contributed by atoms with Gasteiger partial charge in [-0.05, 0) is 61.6 Å². The lowest BCUT2D eigenvalue weighted by Gasteiger charge is -2.53. The monoisotopic (exact) mass is 402 g/mol. The van der Waals surface area contributed by atoms with Crippen molar-refractivity contribution < 1.29 is 4.74 Å². The van der Waals surface area contributed by atoms with Crippen LogP contribution >= 0.6 is 11.6 Å². The maximum atomic E-state index is 6.24. The van der Waals surface area contributed by atoms with E-state index in [1.807, 2.05) is 0 Å². The molecule has 1 aliphatic heterocycles. The molecule has 1 heterocycles. The first kappa shape index (κ1) is 20.4. The zero-order chi connectivity index (χ0) is 19.6. The molecule has 1 aromatic rings. The molecule has 0 radical (unpaired) electrons. The van der Waals surface area contributed by atoms with Gasteiger partial charge in [-0.15, -0.1) is 6.58 Å². The van der Waals surface area contributed by atoms with Gasteiger partial charge in [-0.2, -0.15) is 0 Å². The van der Waals surface area contributed by atoms with E-state index in [0.717, 1.165) is 43.8 Å². The second-order valence-corrected chi connectivity index (χ2v) is 9.55. The molecule has 3 atom stereocenters. The maximum absolute atomic E-state index is 6.24. The van der Waals surface area contributed by atoms with Crippen LogP contribution in [-0.2, 0) is 10.3 Å². The second-order valence-electron chi connectivity index (χ2n) is 9.11. The van der Waals surface area contributed by atoms with E-state index in [0.29, 0.717) is 12.0 Å². The lowest BCUT2D eigenvalue weighted by molar-refractivity contribution is -0.0416. The number of morpholine rings is 1. The smallest absolute Gasteiger partial charge is 0.0594 e. The Bertz CT molecular complexity index is 653. The Labute approximate surface area is 175 Å². The fraction of sp³-hybridized carbons (Fsp3) is 0.667. The van der Waals surface area contributed by atoms with Gasteiger partial charge in [0.15, 0.2) is 0 Å². The number of hydrogen-bond acceptors (Lipinski definition) is 3. The van der Waals surface area contributed by atoms with Crippen LogP contribution in [0.15, 0.2) is 36.9 Å². The molecule has 1 aromatic carbocycles. The van der Waals surface area contributed by atoms with Gasteiger partial charge in [0.1, 0.15) is 0 Å². The van der Waals surface area contributed by atoms with Crippen LogP contribution in [0.4, 0.5) is 0 Å². The summed E-state index contributed by atoms with van der Waals surface area (Å²) in [6.07, 6.45) is 8.53. The SMILES string of the molecule is C=CCN(CC1CC1)C1(c2ccc(Cl)cc2)CCC(N2CCOCC2)C(C)C1. The zero-order valence-electron chi connectivity index (χ0n) is 17.3. The van der Waals surface area contributed by atoms with E-state index in [-0.39, 0.29) is 5.54 Å². The first-order valence-electron chi connectivity index (χ1n) is 11.1.